The maximum absolute atomic E-state index is 3.71. The van der Waals surface area contributed by atoms with Gasteiger partial charge in [0.15, 0.2) is 0 Å². The van der Waals surface area contributed by atoms with Crippen LogP contribution in [-0.2, 0) is 0 Å². The van der Waals surface area contributed by atoms with Crippen molar-refractivity contribution in [2.75, 3.05) is 0 Å². The first-order chi connectivity index (χ1) is 5.93. The molecule has 0 N–H and O–H groups in total. The minimum absolute atomic E-state index is 0.917. The number of rotatable bonds is 0. The first kappa shape index (κ1) is 7.41. The van der Waals surface area contributed by atoms with Crippen molar-refractivity contribution >= 4 is 0 Å². The van der Waals surface area contributed by atoms with E-state index in [4.69, 9.17) is 0 Å². The quantitative estimate of drug-likeness (QED) is 0.512. The predicted octanol–water partition coefficient (Wildman–Crippen LogP) is 3.30. The highest BCUT2D eigenvalue weighted by Gasteiger charge is 2.41. The summed E-state index contributed by atoms with van der Waals surface area (Å²) < 4.78 is 0. The van der Waals surface area contributed by atoms with Gasteiger partial charge >= 0.3 is 0 Å². The lowest BCUT2D eigenvalue weighted by atomic mass is 9.57. The van der Waals surface area contributed by atoms with Crippen molar-refractivity contribution in [2.24, 2.45) is 23.7 Å². The Morgan fingerprint density at radius 2 is 1.67 bits per heavy atom. The SMILES string of the molecule is [C]1CCC2CC1C1CCCC2C1. The first-order valence-corrected chi connectivity index (χ1v) is 5.67. The molecule has 4 unspecified atom stereocenters. The van der Waals surface area contributed by atoms with Crippen LogP contribution in [0.25, 0.3) is 0 Å². The van der Waals surface area contributed by atoms with Gasteiger partial charge in [-0.15, -0.1) is 0 Å². The van der Waals surface area contributed by atoms with Gasteiger partial charge in [0.05, 0.1) is 0 Å². The molecule has 3 fully saturated rings. The molecule has 0 nitrogen and oxygen atoms in total. The lowest BCUT2D eigenvalue weighted by Crippen LogP contribution is -2.38. The van der Waals surface area contributed by atoms with Crippen molar-refractivity contribution in [3.05, 3.63) is 6.42 Å². The number of hydrogen-bond donors (Lipinski definition) is 0. The van der Waals surface area contributed by atoms with Gasteiger partial charge in [-0.2, -0.15) is 0 Å². The molecule has 3 aliphatic carbocycles. The maximum atomic E-state index is 3.71. The molecule has 0 heteroatoms. The van der Waals surface area contributed by atoms with Crippen LogP contribution in [0.5, 0.6) is 0 Å². The van der Waals surface area contributed by atoms with Gasteiger partial charge in [-0.25, -0.2) is 0 Å². The summed E-state index contributed by atoms with van der Waals surface area (Å²) in [7, 11) is 0. The standard InChI is InChI=1S/C12H18/c1-3-9-7-10(4-1)12-6-2-5-11(9)8-12/h9-12H,1-5,7-8H2. The summed E-state index contributed by atoms with van der Waals surface area (Å²) in [5, 5.41) is 0. The van der Waals surface area contributed by atoms with Crippen molar-refractivity contribution in [2.45, 2.75) is 44.9 Å². The molecular formula is C12H18. The molecular weight excluding hydrogens is 144 g/mol. The van der Waals surface area contributed by atoms with E-state index in [0.29, 0.717) is 0 Å². The zero-order valence-electron chi connectivity index (χ0n) is 7.76. The Morgan fingerprint density at radius 1 is 0.833 bits per heavy atom. The Hall–Kier alpha value is 0. The van der Waals surface area contributed by atoms with E-state index < -0.39 is 0 Å². The molecule has 3 saturated carbocycles. The van der Waals surface area contributed by atoms with Crippen LogP contribution >= 0.6 is 0 Å². The second-order valence-corrected chi connectivity index (χ2v) is 5.03. The van der Waals surface area contributed by atoms with Crippen LogP contribution in [0.2, 0.25) is 0 Å². The fraction of sp³-hybridized carbons (Fsp3) is 0.917. The maximum Gasteiger partial charge on any atom is -0.0137 e. The Kier molecular flexibility index (Phi) is 1.70. The van der Waals surface area contributed by atoms with E-state index in [-0.39, 0.29) is 0 Å². The lowest BCUT2D eigenvalue weighted by Gasteiger charge is -2.48. The summed E-state index contributed by atoms with van der Waals surface area (Å²) in [6.45, 7) is 0. The van der Waals surface area contributed by atoms with Gasteiger partial charge in [-0.05, 0) is 55.8 Å². The largest absolute Gasteiger partial charge is 0.0528 e. The highest BCUT2D eigenvalue weighted by atomic mass is 14.5. The smallest absolute Gasteiger partial charge is 0.0137 e. The molecule has 0 heterocycles. The molecule has 4 bridgehead atoms. The van der Waals surface area contributed by atoms with E-state index in [0.717, 1.165) is 23.7 Å². The van der Waals surface area contributed by atoms with E-state index in [1.807, 2.05) is 0 Å². The summed E-state index contributed by atoms with van der Waals surface area (Å²) in [5.41, 5.74) is 0. The highest BCUT2D eigenvalue weighted by molar-refractivity contribution is 4.98. The average molecular weight is 162 g/mol. The zero-order valence-corrected chi connectivity index (χ0v) is 7.76. The molecule has 0 aromatic rings. The van der Waals surface area contributed by atoms with Crippen LogP contribution in [0.1, 0.15) is 44.9 Å². The summed E-state index contributed by atoms with van der Waals surface area (Å²) in [4.78, 5) is 0. The number of hydrogen-bond acceptors (Lipinski definition) is 0. The highest BCUT2D eigenvalue weighted by Crippen LogP contribution is 2.51. The molecule has 4 atom stereocenters. The molecule has 0 aliphatic heterocycles. The Bertz CT molecular complexity index is 137. The summed E-state index contributed by atoms with van der Waals surface area (Å²) in [6, 6.07) is 0. The molecule has 3 aliphatic rings. The van der Waals surface area contributed by atoms with E-state index >= 15 is 0 Å². The van der Waals surface area contributed by atoms with E-state index in [9.17, 15) is 0 Å². The molecule has 0 amide bonds. The zero-order chi connectivity index (χ0) is 7.97. The van der Waals surface area contributed by atoms with Crippen molar-refractivity contribution in [1.29, 1.82) is 0 Å². The van der Waals surface area contributed by atoms with Gasteiger partial charge in [0.1, 0.15) is 0 Å². The molecule has 66 valence electrons. The van der Waals surface area contributed by atoms with E-state index in [2.05, 4.69) is 6.42 Å². The van der Waals surface area contributed by atoms with Crippen LogP contribution in [-0.4, -0.2) is 0 Å². The molecule has 12 heavy (non-hydrogen) atoms. The third kappa shape index (κ3) is 1.03. The monoisotopic (exact) mass is 162 g/mol. The van der Waals surface area contributed by atoms with Crippen molar-refractivity contribution < 1.29 is 0 Å². The van der Waals surface area contributed by atoms with Crippen LogP contribution in [0, 0.1) is 30.1 Å². The second-order valence-electron chi connectivity index (χ2n) is 5.03. The van der Waals surface area contributed by atoms with Crippen LogP contribution in [0.4, 0.5) is 0 Å². The first-order valence-electron chi connectivity index (χ1n) is 5.67. The van der Waals surface area contributed by atoms with Crippen molar-refractivity contribution in [3.8, 4) is 0 Å². The van der Waals surface area contributed by atoms with Crippen molar-refractivity contribution in [3.63, 3.8) is 0 Å². The van der Waals surface area contributed by atoms with Crippen LogP contribution in [0.3, 0.4) is 0 Å². The Morgan fingerprint density at radius 3 is 2.67 bits per heavy atom. The van der Waals surface area contributed by atoms with Crippen LogP contribution in [0.15, 0.2) is 0 Å². The molecule has 0 aromatic carbocycles. The third-order valence-corrected chi connectivity index (χ3v) is 4.47. The third-order valence-electron chi connectivity index (χ3n) is 4.47. The molecule has 0 aromatic heterocycles. The van der Waals surface area contributed by atoms with Gasteiger partial charge in [0.25, 0.3) is 0 Å². The van der Waals surface area contributed by atoms with Gasteiger partial charge in [0.2, 0.25) is 0 Å². The minimum atomic E-state index is 0.917. The topological polar surface area (TPSA) is 0 Å². The summed E-state index contributed by atoms with van der Waals surface area (Å²) in [6.07, 6.45) is 14.1. The molecule has 0 saturated heterocycles. The second kappa shape index (κ2) is 2.75. The summed E-state index contributed by atoms with van der Waals surface area (Å²) >= 11 is 0. The molecule has 0 spiro atoms. The summed E-state index contributed by atoms with van der Waals surface area (Å²) in [5.74, 6) is 4.20. The molecule has 3 rings (SSSR count). The van der Waals surface area contributed by atoms with E-state index in [1.54, 1.807) is 12.8 Å². The van der Waals surface area contributed by atoms with E-state index in [1.165, 1.54) is 32.1 Å². The predicted molar refractivity (Wildman–Crippen MR) is 49.5 cm³/mol. The Labute approximate surface area is 75.7 Å². The van der Waals surface area contributed by atoms with Crippen LogP contribution < -0.4 is 0 Å². The Balaban J connectivity index is 1.83. The average Bonchev–Trinajstić information content (AvgIpc) is 2.17. The fourth-order valence-electron chi connectivity index (χ4n) is 3.83. The van der Waals surface area contributed by atoms with Gasteiger partial charge in [-0.1, -0.05) is 19.3 Å². The van der Waals surface area contributed by atoms with Crippen molar-refractivity contribution in [1.82, 2.24) is 0 Å². The normalized spacial score (nSPS) is 52.0. The van der Waals surface area contributed by atoms with Gasteiger partial charge in [0, 0.05) is 0 Å². The van der Waals surface area contributed by atoms with Gasteiger partial charge < -0.3 is 0 Å². The minimum Gasteiger partial charge on any atom is -0.0528 e. The molecule has 2 radical (unpaired) electrons. The lowest BCUT2D eigenvalue weighted by molar-refractivity contribution is 0.0540. The fourth-order valence-corrected chi connectivity index (χ4v) is 3.83. The van der Waals surface area contributed by atoms with Gasteiger partial charge in [-0.3, -0.25) is 0 Å². The number of fused-ring (bicyclic) bond motifs is 6.